The summed E-state index contributed by atoms with van der Waals surface area (Å²) in [5.41, 5.74) is 0.218. The van der Waals surface area contributed by atoms with Crippen LogP contribution in [-0.4, -0.2) is 23.8 Å². The smallest absolute Gasteiger partial charge is 0.478 e. The number of carboxylic acids is 1. The topological polar surface area (TPSA) is 72.8 Å². The van der Waals surface area contributed by atoms with Crippen molar-refractivity contribution in [3.8, 4) is 5.75 Å². The third kappa shape index (κ3) is 5.16. The Morgan fingerprint density at radius 2 is 1.94 bits per heavy atom. The molecule has 0 aliphatic carbocycles. The van der Waals surface area contributed by atoms with Crippen LogP contribution >= 0.6 is 0 Å². The lowest BCUT2D eigenvalue weighted by atomic mass is 10.2. The molecule has 0 aromatic heterocycles. The van der Waals surface area contributed by atoms with Crippen LogP contribution in [0.1, 0.15) is 13.3 Å². The van der Waals surface area contributed by atoms with Gasteiger partial charge in [0.25, 0.3) is 0 Å². The van der Waals surface area contributed by atoms with Gasteiger partial charge >= 0.3 is 12.1 Å². The summed E-state index contributed by atoms with van der Waals surface area (Å²) in [5, 5.41) is 8.58. The molecule has 1 aromatic carbocycles. The Labute approximate surface area is 105 Å². The van der Waals surface area contributed by atoms with Gasteiger partial charge in [-0.15, -0.1) is 0 Å². The Hall–Kier alpha value is -2.30. The molecule has 0 saturated heterocycles. The summed E-state index contributed by atoms with van der Waals surface area (Å²) in [7, 11) is 0. The predicted octanol–water partition coefficient (Wildman–Crippen LogP) is 2.62. The number of benzene rings is 1. The first-order valence-corrected chi connectivity index (χ1v) is 5.39. The lowest BCUT2D eigenvalue weighted by Gasteiger charge is -2.04. The summed E-state index contributed by atoms with van der Waals surface area (Å²) in [6.45, 7) is 1.56. The van der Waals surface area contributed by atoms with Gasteiger partial charge in [-0.1, -0.05) is 24.3 Å². The monoisotopic (exact) mass is 250 g/mol. The van der Waals surface area contributed by atoms with Crippen molar-refractivity contribution < 1.29 is 24.2 Å². The van der Waals surface area contributed by atoms with Gasteiger partial charge < -0.3 is 14.6 Å². The number of rotatable bonds is 5. The van der Waals surface area contributed by atoms with Gasteiger partial charge in [-0.3, -0.25) is 0 Å². The lowest BCUT2D eigenvalue weighted by Crippen LogP contribution is -2.11. The van der Waals surface area contributed by atoms with Crippen LogP contribution in [0.2, 0.25) is 0 Å². The number of hydrogen-bond acceptors (Lipinski definition) is 4. The summed E-state index contributed by atoms with van der Waals surface area (Å²) < 4.78 is 9.65. The molecule has 0 heterocycles. The van der Waals surface area contributed by atoms with E-state index < -0.39 is 12.1 Å². The van der Waals surface area contributed by atoms with E-state index in [1.54, 1.807) is 30.3 Å². The minimum atomic E-state index is -0.984. The molecule has 0 bridgehead atoms. The summed E-state index contributed by atoms with van der Waals surface area (Å²) in [5.74, 6) is -0.582. The van der Waals surface area contributed by atoms with Crippen molar-refractivity contribution in [2.75, 3.05) is 6.61 Å². The maximum Gasteiger partial charge on any atom is 0.513 e. The Morgan fingerprint density at radius 3 is 2.56 bits per heavy atom. The van der Waals surface area contributed by atoms with Crippen molar-refractivity contribution in [1.82, 2.24) is 0 Å². The van der Waals surface area contributed by atoms with Crippen LogP contribution in [0.4, 0.5) is 4.79 Å². The molecule has 18 heavy (non-hydrogen) atoms. The second kappa shape index (κ2) is 7.11. The predicted molar refractivity (Wildman–Crippen MR) is 64.4 cm³/mol. The number of hydrogen-bond donors (Lipinski definition) is 1. The molecule has 0 amide bonds. The number of aliphatic carboxylic acids is 1. The van der Waals surface area contributed by atoms with Gasteiger partial charge in [0.1, 0.15) is 5.75 Å². The maximum atomic E-state index is 11.2. The molecule has 0 aliphatic heterocycles. The number of carboxylic acid groups (broad SMARTS) is 1. The van der Waals surface area contributed by atoms with Crippen LogP contribution in [0, 0.1) is 0 Å². The molecular weight excluding hydrogens is 236 g/mol. The molecule has 5 heteroatoms. The molecule has 1 aromatic rings. The fourth-order valence-electron chi connectivity index (χ4n) is 1.12. The second-order valence-electron chi connectivity index (χ2n) is 3.49. The van der Waals surface area contributed by atoms with E-state index in [1.807, 2.05) is 0 Å². The molecular formula is C13H14O5. The summed E-state index contributed by atoms with van der Waals surface area (Å²) >= 11 is 0. The zero-order valence-electron chi connectivity index (χ0n) is 9.96. The minimum Gasteiger partial charge on any atom is -0.478 e. The van der Waals surface area contributed by atoms with Crippen LogP contribution in [0.25, 0.3) is 0 Å². The summed E-state index contributed by atoms with van der Waals surface area (Å²) in [6.07, 6.45) is 1.02. The van der Waals surface area contributed by atoms with Crippen molar-refractivity contribution in [3.63, 3.8) is 0 Å². The molecule has 0 unspecified atom stereocenters. The third-order valence-electron chi connectivity index (χ3n) is 2.07. The van der Waals surface area contributed by atoms with E-state index in [4.69, 9.17) is 14.6 Å². The fourth-order valence-corrected chi connectivity index (χ4v) is 1.12. The SMILES string of the molecule is CC(=CCCOC(=O)Oc1ccccc1)C(=O)O. The highest BCUT2D eigenvalue weighted by molar-refractivity contribution is 5.85. The molecule has 0 radical (unpaired) electrons. The van der Waals surface area contributed by atoms with Gasteiger partial charge in [0, 0.05) is 12.0 Å². The van der Waals surface area contributed by atoms with E-state index in [1.165, 1.54) is 13.0 Å². The molecule has 0 aliphatic rings. The highest BCUT2D eigenvalue weighted by atomic mass is 16.7. The summed E-state index contributed by atoms with van der Waals surface area (Å²) in [6, 6.07) is 8.55. The summed E-state index contributed by atoms with van der Waals surface area (Å²) in [4.78, 5) is 21.7. The highest BCUT2D eigenvalue weighted by Crippen LogP contribution is 2.09. The largest absolute Gasteiger partial charge is 0.513 e. The minimum absolute atomic E-state index is 0.0796. The van der Waals surface area contributed by atoms with Crippen LogP contribution in [0.3, 0.4) is 0 Å². The third-order valence-corrected chi connectivity index (χ3v) is 2.07. The first-order valence-electron chi connectivity index (χ1n) is 5.39. The van der Waals surface area contributed by atoms with Crippen LogP contribution < -0.4 is 4.74 Å². The molecule has 1 rings (SSSR count). The first kappa shape index (κ1) is 13.8. The van der Waals surface area contributed by atoms with Crippen LogP contribution in [-0.2, 0) is 9.53 Å². The molecule has 96 valence electrons. The molecule has 0 atom stereocenters. The van der Waals surface area contributed by atoms with Crippen molar-refractivity contribution in [1.29, 1.82) is 0 Å². The van der Waals surface area contributed by atoms with Gasteiger partial charge in [-0.05, 0) is 19.1 Å². The molecule has 0 saturated carbocycles. The van der Waals surface area contributed by atoms with E-state index in [0.29, 0.717) is 12.2 Å². The lowest BCUT2D eigenvalue weighted by molar-refractivity contribution is -0.132. The molecule has 0 fully saturated rings. The zero-order valence-corrected chi connectivity index (χ0v) is 9.96. The van der Waals surface area contributed by atoms with Crippen LogP contribution in [0.15, 0.2) is 42.0 Å². The van der Waals surface area contributed by atoms with E-state index in [2.05, 4.69) is 0 Å². The standard InChI is InChI=1S/C13H14O5/c1-10(12(14)15)6-5-9-17-13(16)18-11-7-3-2-4-8-11/h2-4,6-8H,5,9H2,1H3,(H,14,15). The zero-order chi connectivity index (χ0) is 13.4. The first-order chi connectivity index (χ1) is 8.59. The Kier molecular flexibility index (Phi) is 5.44. The average molecular weight is 250 g/mol. The van der Waals surface area contributed by atoms with Crippen LogP contribution in [0.5, 0.6) is 5.75 Å². The van der Waals surface area contributed by atoms with E-state index in [-0.39, 0.29) is 12.2 Å². The van der Waals surface area contributed by atoms with Crippen molar-refractivity contribution in [3.05, 3.63) is 42.0 Å². The molecule has 5 nitrogen and oxygen atoms in total. The second-order valence-corrected chi connectivity index (χ2v) is 3.49. The average Bonchev–Trinajstić information content (AvgIpc) is 2.35. The Morgan fingerprint density at radius 1 is 1.28 bits per heavy atom. The fraction of sp³-hybridized carbons (Fsp3) is 0.231. The number of carbonyl (C=O) groups is 2. The number of ether oxygens (including phenoxy) is 2. The van der Waals surface area contributed by atoms with E-state index >= 15 is 0 Å². The quantitative estimate of drug-likeness (QED) is 0.376. The Balaban J connectivity index is 2.26. The van der Waals surface area contributed by atoms with Gasteiger partial charge in [-0.2, -0.15) is 0 Å². The van der Waals surface area contributed by atoms with E-state index in [9.17, 15) is 9.59 Å². The van der Waals surface area contributed by atoms with Crippen molar-refractivity contribution in [2.24, 2.45) is 0 Å². The number of carbonyl (C=O) groups excluding carboxylic acids is 1. The van der Waals surface area contributed by atoms with Gasteiger partial charge in [0.05, 0.1) is 6.61 Å². The van der Waals surface area contributed by atoms with E-state index in [0.717, 1.165) is 0 Å². The molecule has 0 spiro atoms. The maximum absolute atomic E-state index is 11.2. The molecule has 1 N–H and O–H groups in total. The van der Waals surface area contributed by atoms with Gasteiger partial charge in [0.2, 0.25) is 0 Å². The normalized spacial score (nSPS) is 10.8. The Bertz CT molecular complexity index is 436. The van der Waals surface area contributed by atoms with Crippen molar-refractivity contribution >= 4 is 12.1 Å². The van der Waals surface area contributed by atoms with Crippen molar-refractivity contribution in [2.45, 2.75) is 13.3 Å². The number of para-hydroxylation sites is 1. The highest BCUT2D eigenvalue weighted by Gasteiger charge is 2.05. The van der Waals surface area contributed by atoms with Gasteiger partial charge in [-0.25, -0.2) is 9.59 Å². The van der Waals surface area contributed by atoms with Gasteiger partial charge in [0.15, 0.2) is 0 Å².